The van der Waals surface area contributed by atoms with Gasteiger partial charge >= 0.3 is 0 Å². The lowest BCUT2D eigenvalue weighted by molar-refractivity contribution is -0.132. The SMILES string of the molecule is CCNC(=NCCCOC1CCOCC1)NC1CCC(=O)N(C)C1.I. The largest absolute Gasteiger partial charge is 0.381 e. The van der Waals surface area contributed by atoms with Crippen LogP contribution in [0.5, 0.6) is 0 Å². The average molecular weight is 468 g/mol. The van der Waals surface area contributed by atoms with Crippen LogP contribution in [-0.4, -0.2) is 75.4 Å². The van der Waals surface area contributed by atoms with Crippen molar-refractivity contribution in [3.05, 3.63) is 0 Å². The molecule has 0 aromatic rings. The second-order valence-electron chi connectivity index (χ2n) is 6.45. The molecule has 0 saturated carbocycles. The molecule has 0 aromatic carbocycles. The van der Waals surface area contributed by atoms with Crippen molar-refractivity contribution < 1.29 is 14.3 Å². The second kappa shape index (κ2) is 12.7. The first kappa shape index (κ1) is 22.4. The van der Waals surface area contributed by atoms with E-state index in [1.165, 1.54) is 0 Å². The highest BCUT2D eigenvalue weighted by Crippen LogP contribution is 2.11. The Morgan fingerprint density at radius 3 is 2.80 bits per heavy atom. The Balaban J connectivity index is 0.00000312. The number of nitrogens with zero attached hydrogens (tertiary/aromatic N) is 2. The topological polar surface area (TPSA) is 75.2 Å². The standard InChI is InChI=1S/C17H32N4O3.HI/c1-3-18-17(20-14-5-6-16(22)21(2)13-14)19-9-4-10-24-15-7-11-23-12-8-15;/h14-15H,3-13H2,1-2H3,(H2,18,19,20);1H. The first-order chi connectivity index (χ1) is 11.7. The molecule has 2 saturated heterocycles. The van der Waals surface area contributed by atoms with E-state index in [0.29, 0.717) is 12.5 Å². The fraction of sp³-hybridized carbons (Fsp3) is 0.882. The Kier molecular flexibility index (Phi) is 11.4. The summed E-state index contributed by atoms with van der Waals surface area (Å²) in [5, 5.41) is 6.71. The third-order valence-electron chi connectivity index (χ3n) is 4.41. The molecule has 2 fully saturated rings. The predicted molar refractivity (Wildman–Crippen MR) is 110 cm³/mol. The van der Waals surface area contributed by atoms with E-state index in [0.717, 1.165) is 71.1 Å². The summed E-state index contributed by atoms with van der Waals surface area (Å²) in [7, 11) is 1.86. The number of carbonyl (C=O) groups excluding carboxylic acids is 1. The summed E-state index contributed by atoms with van der Waals surface area (Å²) in [6.45, 7) is 6.73. The van der Waals surface area contributed by atoms with Gasteiger partial charge in [-0.1, -0.05) is 0 Å². The van der Waals surface area contributed by atoms with Gasteiger partial charge in [-0.05, 0) is 32.6 Å². The van der Waals surface area contributed by atoms with Crippen molar-refractivity contribution >= 4 is 35.8 Å². The number of carbonyl (C=O) groups is 1. The van der Waals surface area contributed by atoms with Crippen molar-refractivity contribution in [2.24, 2.45) is 4.99 Å². The summed E-state index contributed by atoms with van der Waals surface area (Å²) >= 11 is 0. The highest BCUT2D eigenvalue weighted by Gasteiger charge is 2.23. The zero-order valence-corrected chi connectivity index (χ0v) is 17.8. The van der Waals surface area contributed by atoms with Crippen LogP contribution in [0.15, 0.2) is 4.99 Å². The Labute approximate surface area is 168 Å². The van der Waals surface area contributed by atoms with Crippen LogP contribution in [0.2, 0.25) is 0 Å². The zero-order valence-electron chi connectivity index (χ0n) is 15.5. The summed E-state index contributed by atoms with van der Waals surface area (Å²) < 4.78 is 11.2. The summed E-state index contributed by atoms with van der Waals surface area (Å²) in [5.41, 5.74) is 0. The third-order valence-corrected chi connectivity index (χ3v) is 4.41. The maximum absolute atomic E-state index is 11.6. The summed E-state index contributed by atoms with van der Waals surface area (Å²) in [4.78, 5) is 18.0. The van der Waals surface area contributed by atoms with Gasteiger partial charge in [-0.25, -0.2) is 0 Å². The number of guanidine groups is 1. The van der Waals surface area contributed by atoms with Crippen LogP contribution in [0.1, 0.15) is 39.0 Å². The lowest BCUT2D eigenvalue weighted by Crippen LogP contribution is -2.51. The number of hydrogen-bond donors (Lipinski definition) is 2. The number of likely N-dealkylation sites (N-methyl/N-ethyl adjacent to an activating group) is 1. The van der Waals surface area contributed by atoms with Crippen LogP contribution < -0.4 is 10.6 Å². The van der Waals surface area contributed by atoms with E-state index in [9.17, 15) is 4.79 Å². The van der Waals surface area contributed by atoms with E-state index in [2.05, 4.69) is 22.5 Å². The molecule has 25 heavy (non-hydrogen) atoms. The molecule has 0 aromatic heterocycles. The van der Waals surface area contributed by atoms with Crippen LogP contribution in [-0.2, 0) is 14.3 Å². The molecule has 1 atom stereocenters. The van der Waals surface area contributed by atoms with Gasteiger partial charge in [0.25, 0.3) is 0 Å². The van der Waals surface area contributed by atoms with Crippen LogP contribution >= 0.6 is 24.0 Å². The van der Waals surface area contributed by atoms with Crippen LogP contribution in [0.25, 0.3) is 0 Å². The Bertz CT molecular complexity index is 417. The monoisotopic (exact) mass is 468 g/mol. The van der Waals surface area contributed by atoms with Gasteiger partial charge in [0.1, 0.15) is 0 Å². The summed E-state index contributed by atoms with van der Waals surface area (Å²) in [6, 6.07) is 0.268. The molecule has 2 aliphatic rings. The predicted octanol–water partition coefficient (Wildman–Crippen LogP) is 1.37. The van der Waals surface area contributed by atoms with Crippen molar-refractivity contribution in [2.75, 3.05) is 46.5 Å². The van der Waals surface area contributed by atoms with Gasteiger partial charge in [0.2, 0.25) is 5.91 Å². The lowest BCUT2D eigenvalue weighted by atomic mass is 10.1. The minimum Gasteiger partial charge on any atom is -0.381 e. The van der Waals surface area contributed by atoms with Crippen LogP contribution in [0, 0.1) is 0 Å². The Morgan fingerprint density at radius 2 is 2.12 bits per heavy atom. The normalized spacial score (nSPS) is 22.5. The number of ether oxygens (including phenoxy) is 2. The van der Waals surface area contributed by atoms with Gasteiger partial charge in [-0.3, -0.25) is 9.79 Å². The summed E-state index contributed by atoms with van der Waals surface area (Å²) in [5.74, 6) is 1.05. The third kappa shape index (κ3) is 8.54. The van der Waals surface area contributed by atoms with E-state index in [4.69, 9.17) is 9.47 Å². The number of nitrogens with one attached hydrogen (secondary N) is 2. The highest BCUT2D eigenvalue weighted by atomic mass is 127. The molecule has 0 bridgehead atoms. The average Bonchev–Trinajstić information content (AvgIpc) is 2.59. The van der Waals surface area contributed by atoms with Gasteiger partial charge in [-0.15, -0.1) is 24.0 Å². The molecular formula is C17H33IN4O3. The van der Waals surface area contributed by atoms with Crippen molar-refractivity contribution in [1.29, 1.82) is 0 Å². The van der Waals surface area contributed by atoms with Crippen molar-refractivity contribution in [1.82, 2.24) is 15.5 Å². The zero-order chi connectivity index (χ0) is 17.2. The minimum atomic E-state index is 0. The number of amides is 1. The first-order valence-corrected chi connectivity index (χ1v) is 9.17. The molecule has 0 radical (unpaired) electrons. The highest BCUT2D eigenvalue weighted by molar-refractivity contribution is 14.0. The van der Waals surface area contributed by atoms with Gasteiger partial charge in [-0.2, -0.15) is 0 Å². The fourth-order valence-electron chi connectivity index (χ4n) is 2.99. The molecule has 8 heteroatoms. The molecular weight excluding hydrogens is 435 g/mol. The minimum absolute atomic E-state index is 0. The molecule has 1 unspecified atom stereocenters. The molecule has 2 aliphatic heterocycles. The lowest BCUT2D eigenvalue weighted by Gasteiger charge is -2.31. The van der Waals surface area contributed by atoms with Gasteiger partial charge in [0.15, 0.2) is 5.96 Å². The number of hydrogen-bond acceptors (Lipinski definition) is 4. The molecule has 2 N–H and O–H groups in total. The van der Waals surface area contributed by atoms with E-state index < -0.39 is 0 Å². The van der Waals surface area contributed by atoms with E-state index in [-0.39, 0.29) is 35.9 Å². The van der Waals surface area contributed by atoms with E-state index >= 15 is 0 Å². The second-order valence-corrected chi connectivity index (χ2v) is 6.45. The van der Waals surface area contributed by atoms with Crippen LogP contribution in [0.3, 0.4) is 0 Å². The van der Waals surface area contributed by atoms with Gasteiger partial charge < -0.3 is 25.0 Å². The smallest absolute Gasteiger partial charge is 0.222 e. The van der Waals surface area contributed by atoms with Gasteiger partial charge in [0.05, 0.1) is 6.10 Å². The van der Waals surface area contributed by atoms with E-state index in [1.54, 1.807) is 4.90 Å². The Hall–Kier alpha value is -0.610. The van der Waals surface area contributed by atoms with Gasteiger partial charge in [0, 0.05) is 59.0 Å². The number of aliphatic imine (C=N–C) groups is 1. The molecule has 2 rings (SSSR count). The van der Waals surface area contributed by atoms with Crippen molar-refractivity contribution in [2.45, 2.75) is 51.2 Å². The Morgan fingerprint density at radius 1 is 1.36 bits per heavy atom. The molecule has 146 valence electrons. The van der Waals surface area contributed by atoms with Crippen LogP contribution in [0.4, 0.5) is 0 Å². The van der Waals surface area contributed by atoms with Crippen molar-refractivity contribution in [3.63, 3.8) is 0 Å². The molecule has 1 amide bonds. The maximum Gasteiger partial charge on any atom is 0.222 e. The maximum atomic E-state index is 11.6. The van der Waals surface area contributed by atoms with Crippen molar-refractivity contribution in [3.8, 4) is 0 Å². The number of piperidine rings is 1. The number of likely N-dealkylation sites (tertiary alicyclic amines) is 1. The van der Waals surface area contributed by atoms with E-state index in [1.807, 2.05) is 7.05 Å². The number of rotatable bonds is 7. The molecule has 0 aliphatic carbocycles. The molecule has 0 spiro atoms. The molecule has 7 nitrogen and oxygen atoms in total. The summed E-state index contributed by atoms with van der Waals surface area (Å²) in [6.07, 6.45) is 4.73. The fourth-order valence-corrected chi connectivity index (χ4v) is 2.99. The number of halogens is 1. The molecule has 2 heterocycles. The first-order valence-electron chi connectivity index (χ1n) is 9.17. The quantitative estimate of drug-likeness (QED) is 0.256.